The Balaban J connectivity index is 1.83. The number of nitrogens with one attached hydrogen (secondary N) is 1. The van der Waals surface area contributed by atoms with Gasteiger partial charge in [0.1, 0.15) is 12.7 Å². The van der Waals surface area contributed by atoms with Gasteiger partial charge < -0.3 is 18.9 Å². The number of esters is 3. The van der Waals surface area contributed by atoms with Crippen LogP contribution >= 0.6 is 23.2 Å². The van der Waals surface area contributed by atoms with E-state index in [9.17, 15) is 14.4 Å². The number of hydrogen-bond acceptors (Lipinski definition) is 9. The number of rotatable bonds is 5. The first-order chi connectivity index (χ1) is 13.7. The van der Waals surface area contributed by atoms with E-state index in [0.29, 0.717) is 19.5 Å². The Morgan fingerprint density at radius 1 is 1.00 bits per heavy atom. The standard InChI is InChI=1S/C18H26Cl2N2O7/c1-8(23)26-6-15-16(27-9(2)24)17(28-10(3)25)18(29-15)22-7-21-13-4-11(19)12(20)5-14(13)22/h11-18,21H,4-7H2,1-3H3/t11?,12?,13?,14?,15-,16?,17?,18-/m1/s1. The summed E-state index contributed by atoms with van der Waals surface area (Å²) in [6.07, 6.45) is -1.91. The van der Waals surface area contributed by atoms with Gasteiger partial charge in [-0.1, -0.05) is 0 Å². The second kappa shape index (κ2) is 9.34. The van der Waals surface area contributed by atoms with Gasteiger partial charge in [-0.2, -0.15) is 0 Å². The maximum Gasteiger partial charge on any atom is 0.303 e. The molecule has 2 saturated heterocycles. The van der Waals surface area contributed by atoms with E-state index in [1.165, 1.54) is 20.8 Å². The Hall–Kier alpha value is -1.13. The lowest BCUT2D eigenvalue weighted by atomic mass is 9.90. The lowest BCUT2D eigenvalue weighted by molar-refractivity contribution is -0.168. The van der Waals surface area contributed by atoms with Crippen molar-refractivity contribution in [2.75, 3.05) is 13.3 Å². The molecule has 8 atom stereocenters. The first-order valence-corrected chi connectivity index (χ1v) is 10.4. The van der Waals surface area contributed by atoms with Crippen molar-refractivity contribution in [1.29, 1.82) is 0 Å². The molecule has 3 rings (SSSR count). The van der Waals surface area contributed by atoms with Crippen LogP contribution in [-0.2, 0) is 33.3 Å². The van der Waals surface area contributed by atoms with E-state index in [-0.39, 0.29) is 29.4 Å². The molecule has 1 N–H and O–H groups in total. The third-order valence-corrected chi connectivity index (χ3v) is 6.53. The Bertz CT molecular complexity index is 652. The van der Waals surface area contributed by atoms with E-state index in [4.69, 9.17) is 42.1 Å². The molecule has 0 aromatic rings. The van der Waals surface area contributed by atoms with Gasteiger partial charge in [-0.05, 0) is 12.8 Å². The number of halogens is 2. The quantitative estimate of drug-likeness (QED) is 0.367. The average Bonchev–Trinajstić information content (AvgIpc) is 3.14. The molecule has 3 fully saturated rings. The van der Waals surface area contributed by atoms with Crippen molar-refractivity contribution in [3.05, 3.63) is 0 Å². The molecule has 0 spiro atoms. The number of fused-ring (bicyclic) bond motifs is 1. The summed E-state index contributed by atoms with van der Waals surface area (Å²) in [5.41, 5.74) is 0. The molecule has 1 aliphatic carbocycles. The maximum absolute atomic E-state index is 11.8. The number of ether oxygens (including phenoxy) is 4. The predicted octanol–water partition coefficient (Wildman–Crippen LogP) is 0.746. The van der Waals surface area contributed by atoms with Gasteiger partial charge in [-0.15, -0.1) is 23.2 Å². The minimum absolute atomic E-state index is 0.0148. The highest BCUT2D eigenvalue weighted by molar-refractivity contribution is 6.30. The number of carbonyl (C=O) groups is 3. The normalized spacial score (nSPS) is 39.6. The monoisotopic (exact) mass is 452 g/mol. The first-order valence-electron chi connectivity index (χ1n) is 9.58. The second-order valence-electron chi connectivity index (χ2n) is 7.57. The lowest BCUT2D eigenvalue weighted by Gasteiger charge is -2.38. The molecule has 0 radical (unpaired) electrons. The molecule has 164 valence electrons. The Morgan fingerprint density at radius 2 is 1.62 bits per heavy atom. The molecule has 3 aliphatic rings. The summed E-state index contributed by atoms with van der Waals surface area (Å²) >= 11 is 12.7. The third-order valence-electron chi connectivity index (χ3n) is 5.43. The summed E-state index contributed by atoms with van der Waals surface area (Å²) in [4.78, 5) is 36.7. The lowest BCUT2D eigenvalue weighted by Crippen LogP contribution is -2.53. The van der Waals surface area contributed by atoms with E-state index in [2.05, 4.69) is 5.32 Å². The number of carbonyl (C=O) groups excluding carboxylic acids is 3. The fraction of sp³-hybridized carbons (Fsp3) is 0.833. The minimum atomic E-state index is -0.907. The first kappa shape index (κ1) is 22.6. The van der Waals surface area contributed by atoms with Gasteiger partial charge in [0.2, 0.25) is 0 Å². The van der Waals surface area contributed by atoms with Crippen LogP contribution in [0.1, 0.15) is 33.6 Å². The van der Waals surface area contributed by atoms with Gasteiger partial charge in [0.05, 0.1) is 17.4 Å². The van der Waals surface area contributed by atoms with Gasteiger partial charge in [0, 0.05) is 32.9 Å². The largest absolute Gasteiger partial charge is 0.463 e. The van der Waals surface area contributed by atoms with E-state index in [0.717, 1.165) is 0 Å². The summed E-state index contributed by atoms with van der Waals surface area (Å²) in [5, 5.41) is 3.07. The average molecular weight is 453 g/mol. The molecule has 1 saturated carbocycles. The van der Waals surface area contributed by atoms with Crippen molar-refractivity contribution in [3.8, 4) is 0 Å². The van der Waals surface area contributed by atoms with Crippen molar-refractivity contribution in [2.24, 2.45) is 0 Å². The predicted molar refractivity (Wildman–Crippen MR) is 102 cm³/mol. The molecular weight excluding hydrogens is 427 g/mol. The van der Waals surface area contributed by atoms with Crippen molar-refractivity contribution in [1.82, 2.24) is 10.2 Å². The molecule has 29 heavy (non-hydrogen) atoms. The van der Waals surface area contributed by atoms with Gasteiger partial charge in [0.15, 0.2) is 18.4 Å². The fourth-order valence-electron chi connectivity index (χ4n) is 4.25. The van der Waals surface area contributed by atoms with Crippen molar-refractivity contribution >= 4 is 41.1 Å². The number of nitrogens with zero attached hydrogens (tertiary/aromatic N) is 1. The summed E-state index contributed by atoms with van der Waals surface area (Å²) in [7, 11) is 0. The topological polar surface area (TPSA) is 103 Å². The molecule has 0 aromatic heterocycles. The molecule has 0 bridgehead atoms. The van der Waals surface area contributed by atoms with E-state index in [1.807, 2.05) is 4.90 Å². The zero-order chi connectivity index (χ0) is 21.3. The SMILES string of the molecule is CC(=O)OC[C@H]1O[C@@H](N2CNC3CC(Cl)C(Cl)CC32)C(OC(C)=O)C1OC(C)=O. The Labute approximate surface area is 179 Å². The van der Waals surface area contributed by atoms with Crippen LogP contribution in [0.2, 0.25) is 0 Å². The molecular formula is C18H26Cl2N2O7. The highest BCUT2D eigenvalue weighted by atomic mass is 35.5. The summed E-state index contributed by atoms with van der Waals surface area (Å²) in [6.45, 7) is 4.15. The number of hydrogen-bond donors (Lipinski definition) is 1. The van der Waals surface area contributed by atoms with Gasteiger partial charge in [-0.3, -0.25) is 24.6 Å². The van der Waals surface area contributed by atoms with Crippen LogP contribution in [0.5, 0.6) is 0 Å². The van der Waals surface area contributed by atoms with Gasteiger partial charge in [-0.25, -0.2) is 0 Å². The fourth-order valence-corrected chi connectivity index (χ4v) is 4.83. The van der Waals surface area contributed by atoms with E-state index < -0.39 is 42.4 Å². The zero-order valence-electron chi connectivity index (χ0n) is 16.5. The van der Waals surface area contributed by atoms with Crippen molar-refractivity contribution < 1.29 is 33.3 Å². The van der Waals surface area contributed by atoms with Crippen LogP contribution in [0.3, 0.4) is 0 Å². The van der Waals surface area contributed by atoms with Crippen LogP contribution < -0.4 is 5.32 Å². The molecule has 0 amide bonds. The maximum atomic E-state index is 11.8. The van der Waals surface area contributed by atoms with Crippen LogP contribution in [-0.4, -0.2) is 83.5 Å². The highest BCUT2D eigenvalue weighted by Gasteiger charge is 2.55. The molecule has 11 heteroatoms. The second-order valence-corrected chi connectivity index (χ2v) is 8.69. The van der Waals surface area contributed by atoms with Gasteiger partial charge >= 0.3 is 17.9 Å². The number of alkyl halides is 2. The molecule has 2 aliphatic heterocycles. The zero-order valence-corrected chi connectivity index (χ0v) is 18.0. The van der Waals surface area contributed by atoms with Crippen LogP contribution in [0.15, 0.2) is 0 Å². The van der Waals surface area contributed by atoms with E-state index >= 15 is 0 Å². The van der Waals surface area contributed by atoms with Crippen LogP contribution in [0.4, 0.5) is 0 Å². The van der Waals surface area contributed by atoms with Gasteiger partial charge in [0.25, 0.3) is 0 Å². The smallest absolute Gasteiger partial charge is 0.303 e. The molecule has 0 aromatic carbocycles. The summed E-state index contributed by atoms with van der Waals surface area (Å²) in [6, 6.07) is 0.134. The van der Waals surface area contributed by atoms with Crippen molar-refractivity contribution in [2.45, 2.75) is 81.0 Å². The van der Waals surface area contributed by atoms with Crippen LogP contribution in [0, 0.1) is 0 Å². The Kier molecular flexibility index (Phi) is 7.27. The van der Waals surface area contributed by atoms with Crippen molar-refractivity contribution in [3.63, 3.8) is 0 Å². The molecule has 2 heterocycles. The van der Waals surface area contributed by atoms with E-state index in [1.54, 1.807) is 0 Å². The molecule has 6 unspecified atom stereocenters. The molecule has 9 nitrogen and oxygen atoms in total. The highest BCUT2D eigenvalue weighted by Crippen LogP contribution is 2.38. The minimum Gasteiger partial charge on any atom is -0.463 e. The Morgan fingerprint density at radius 3 is 2.24 bits per heavy atom. The van der Waals surface area contributed by atoms with Crippen LogP contribution in [0.25, 0.3) is 0 Å². The third kappa shape index (κ3) is 5.14. The summed E-state index contributed by atoms with van der Waals surface area (Å²) < 4.78 is 22.1. The summed E-state index contributed by atoms with van der Waals surface area (Å²) in [5.74, 6) is -1.57.